The predicted octanol–water partition coefficient (Wildman–Crippen LogP) is 1.81. The lowest BCUT2D eigenvalue weighted by Crippen LogP contribution is -2.49. The Morgan fingerprint density at radius 3 is 2.95 bits per heavy atom. The van der Waals surface area contributed by atoms with Gasteiger partial charge in [-0.05, 0) is 34.7 Å². The van der Waals surface area contributed by atoms with Gasteiger partial charge < -0.3 is 14.8 Å². The number of imidazole rings is 1. The molecule has 5 nitrogen and oxygen atoms in total. The molecule has 1 amide bonds. The van der Waals surface area contributed by atoms with Crippen molar-refractivity contribution in [3.63, 3.8) is 0 Å². The van der Waals surface area contributed by atoms with Crippen LogP contribution in [0.15, 0.2) is 36.7 Å². The predicted molar refractivity (Wildman–Crippen MR) is 89.0 cm³/mol. The molecule has 1 aliphatic heterocycles. The first kappa shape index (κ1) is 14.5. The quantitative estimate of drug-likeness (QED) is 0.788. The number of aryl methyl sites for hydroxylation is 1. The van der Waals surface area contributed by atoms with E-state index in [9.17, 15) is 4.79 Å². The van der Waals surface area contributed by atoms with Crippen molar-refractivity contribution < 1.29 is 4.79 Å². The second-order valence-corrected chi connectivity index (χ2v) is 6.26. The summed E-state index contributed by atoms with van der Waals surface area (Å²) < 4.78 is 2.96. The molecule has 1 fully saturated rings. The average molecular weight is 396 g/mol. The molecule has 1 aromatic carbocycles. The summed E-state index contributed by atoms with van der Waals surface area (Å²) in [5.74, 6) is 0.996. The fourth-order valence-corrected chi connectivity index (χ4v) is 3.28. The van der Waals surface area contributed by atoms with Crippen LogP contribution in [0.4, 0.5) is 0 Å². The zero-order chi connectivity index (χ0) is 14.8. The van der Waals surface area contributed by atoms with E-state index in [1.165, 1.54) is 0 Å². The minimum absolute atomic E-state index is 0.0257. The summed E-state index contributed by atoms with van der Waals surface area (Å²) in [6.07, 6.45) is 3.69. The molecule has 0 saturated carbocycles. The molecule has 1 atom stereocenters. The number of halogens is 1. The maximum atomic E-state index is 12.9. The van der Waals surface area contributed by atoms with Crippen molar-refractivity contribution >= 4 is 28.5 Å². The van der Waals surface area contributed by atoms with E-state index in [2.05, 4.69) is 32.9 Å². The molecule has 1 aromatic heterocycles. The van der Waals surface area contributed by atoms with Crippen molar-refractivity contribution in [2.75, 3.05) is 19.6 Å². The number of nitrogens with zero attached hydrogens (tertiary/aromatic N) is 3. The summed E-state index contributed by atoms with van der Waals surface area (Å²) in [7, 11) is 1.96. The van der Waals surface area contributed by atoms with E-state index in [1.54, 1.807) is 6.20 Å². The third-order valence-corrected chi connectivity index (χ3v) is 4.71. The number of nitrogens with one attached hydrogen (secondary N) is 1. The molecule has 0 spiro atoms. The van der Waals surface area contributed by atoms with E-state index in [0.29, 0.717) is 6.54 Å². The lowest BCUT2D eigenvalue weighted by Gasteiger charge is -2.36. The summed E-state index contributed by atoms with van der Waals surface area (Å²) >= 11 is 2.22. The minimum atomic E-state index is -0.0257. The van der Waals surface area contributed by atoms with Crippen LogP contribution >= 0.6 is 22.6 Å². The Balaban J connectivity index is 1.93. The van der Waals surface area contributed by atoms with E-state index in [4.69, 9.17) is 0 Å². The van der Waals surface area contributed by atoms with Crippen LogP contribution in [0.2, 0.25) is 0 Å². The molecule has 21 heavy (non-hydrogen) atoms. The number of rotatable bonds is 2. The highest BCUT2D eigenvalue weighted by Crippen LogP contribution is 2.24. The van der Waals surface area contributed by atoms with Crippen molar-refractivity contribution in [1.29, 1.82) is 0 Å². The van der Waals surface area contributed by atoms with Crippen molar-refractivity contribution in [3.8, 4) is 0 Å². The van der Waals surface area contributed by atoms with Gasteiger partial charge in [0.2, 0.25) is 0 Å². The zero-order valence-electron chi connectivity index (χ0n) is 11.8. The lowest BCUT2D eigenvalue weighted by molar-refractivity contribution is 0.0620. The van der Waals surface area contributed by atoms with E-state index >= 15 is 0 Å². The van der Waals surface area contributed by atoms with E-state index in [1.807, 2.05) is 47.0 Å². The molecular weight excluding hydrogens is 379 g/mol. The summed E-state index contributed by atoms with van der Waals surface area (Å²) in [6.45, 7) is 2.25. The van der Waals surface area contributed by atoms with Crippen molar-refractivity contribution in [1.82, 2.24) is 19.8 Å². The van der Waals surface area contributed by atoms with Crippen LogP contribution in [0.3, 0.4) is 0 Å². The van der Waals surface area contributed by atoms with Gasteiger partial charge in [0.05, 0.1) is 5.56 Å². The molecule has 0 bridgehead atoms. The van der Waals surface area contributed by atoms with Gasteiger partial charge in [-0.1, -0.05) is 12.1 Å². The second kappa shape index (κ2) is 6.15. The highest BCUT2D eigenvalue weighted by Gasteiger charge is 2.31. The number of amides is 1. The molecule has 2 heterocycles. The standard InChI is InChI=1S/C15H17IN4O/c1-19-8-7-18-14(19)13-10-17-6-9-20(13)15(21)11-4-2-3-5-12(11)16/h2-5,7-8,13,17H,6,9-10H2,1H3. The van der Waals surface area contributed by atoms with Gasteiger partial charge in [-0.15, -0.1) is 0 Å². The van der Waals surface area contributed by atoms with E-state index in [-0.39, 0.29) is 11.9 Å². The number of piperazine rings is 1. The molecule has 1 saturated heterocycles. The van der Waals surface area contributed by atoms with Crippen LogP contribution in [0.5, 0.6) is 0 Å². The highest BCUT2D eigenvalue weighted by molar-refractivity contribution is 14.1. The Bertz CT molecular complexity index is 655. The summed E-state index contributed by atoms with van der Waals surface area (Å²) in [5.41, 5.74) is 0.763. The van der Waals surface area contributed by atoms with Gasteiger partial charge in [0.1, 0.15) is 11.9 Å². The van der Waals surface area contributed by atoms with Crippen molar-refractivity contribution in [2.24, 2.45) is 7.05 Å². The molecule has 1 aliphatic rings. The Labute approximate surface area is 137 Å². The van der Waals surface area contributed by atoms with Gasteiger partial charge in [-0.25, -0.2) is 4.98 Å². The molecule has 3 rings (SSSR count). The average Bonchev–Trinajstić information content (AvgIpc) is 2.93. The Hall–Kier alpha value is -1.41. The van der Waals surface area contributed by atoms with Crippen LogP contribution in [0.25, 0.3) is 0 Å². The third-order valence-electron chi connectivity index (χ3n) is 3.77. The van der Waals surface area contributed by atoms with Crippen LogP contribution in [-0.2, 0) is 7.05 Å². The molecule has 0 aliphatic carbocycles. The minimum Gasteiger partial charge on any atom is -0.336 e. The fourth-order valence-electron chi connectivity index (χ4n) is 2.67. The Kier molecular flexibility index (Phi) is 4.25. The Morgan fingerprint density at radius 1 is 1.43 bits per heavy atom. The number of benzene rings is 1. The molecule has 110 valence electrons. The van der Waals surface area contributed by atoms with Gasteiger partial charge in [0.25, 0.3) is 5.91 Å². The van der Waals surface area contributed by atoms with Gasteiger partial charge in [0.15, 0.2) is 0 Å². The molecule has 0 radical (unpaired) electrons. The first-order valence-electron chi connectivity index (χ1n) is 6.92. The summed E-state index contributed by atoms with van der Waals surface area (Å²) in [4.78, 5) is 19.2. The molecule has 1 unspecified atom stereocenters. The molecule has 2 aromatic rings. The van der Waals surface area contributed by atoms with Crippen LogP contribution < -0.4 is 5.32 Å². The van der Waals surface area contributed by atoms with Crippen LogP contribution in [0, 0.1) is 3.57 Å². The number of carbonyl (C=O) groups is 1. The lowest BCUT2D eigenvalue weighted by atomic mass is 10.1. The van der Waals surface area contributed by atoms with Gasteiger partial charge in [-0.2, -0.15) is 0 Å². The molecule has 6 heteroatoms. The SMILES string of the molecule is Cn1ccnc1C1CNCCN1C(=O)c1ccccc1I. The molecular formula is C15H17IN4O. The first-order valence-corrected chi connectivity index (χ1v) is 8.00. The van der Waals surface area contributed by atoms with Gasteiger partial charge in [-0.3, -0.25) is 4.79 Å². The maximum absolute atomic E-state index is 12.9. The monoisotopic (exact) mass is 396 g/mol. The maximum Gasteiger partial charge on any atom is 0.255 e. The summed E-state index contributed by atoms with van der Waals surface area (Å²) in [6, 6.07) is 7.69. The largest absolute Gasteiger partial charge is 0.336 e. The van der Waals surface area contributed by atoms with Crippen molar-refractivity contribution in [2.45, 2.75) is 6.04 Å². The van der Waals surface area contributed by atoms with E-state index in [0.717, 1.165) is 28.0 Å². The zero-order valence-corrected chi connectivity index (χ0v) is 13.9. The van der Waals surface area contributed by atoms with Gasteiger partial charge in [0, 0.05) is 42.6 Å². The number of hydrogen-bond acceptors (Lipinski definition) is 3. The highest BCUT2D eigenvalue weighted by atomic mass is 127. The van der Waals surface area contributed by atoms with E-state index < -0.39 is 0 Å². The third kappa shape index (κ3) is 2.82. The van der Waals surface area contributed by atoms with Gasteiger partial charge >= 0.3 is 0 Å². The number of carbonyl (C=O) groups excluding carboxylic acids is 1. The normalized spacial score (nSPS) is 18.8. The topological polar surface area (TPSA) is 50.2 Å². The van der Waals surface area contributed by atoms with Crippen LogP contribution in [0.1, 0.15) is 22.2 Å². The van der Waals surface area contributed by atoms with Crippen molar-refractivity contribution in [3.05, 3.63) is 51.6 Å². The number of aromatic nitrogens is 2. The molecule has 1 N–H and O–H groups in total. The Morgan fingerprint density at radius 2 is 2.24 bits per heavy atom. The fraction of sp³-hybridized carbons (Fsp3) is 0.333. The summed E-state index contributed by atoms with van der Waals surface area (Å²) in [5, 5.41) is 3.35. The first-order chi connectivity index (χ1) is 10.2. The smallest absolute Gasteiger partial charge is 0.255 e. The number of hydrogen-bond donors (Lipinski definition) is 1. The second-order valence-electron chi connectivity index (χ2n) is 5.09. The van der Waals surface area contributed by atoms with Crippen LogP contribution in [-0.4, -0.2) is 40.0 Å².